The molecule has 0 radical (unpaired) electrons. The fraction of sp³-hybridized carbons (Fsp3) is 0.750. The molecule has 0 bridgehead atoms. The van der Waals surface area contributed by atoms with Crippen molar-refractivity contribution in [2.45, 2.75) is 51.2 Å². The summed E-state index contributed by atoms with van der Waals surface area (Å²) >= 11 is 0. The Morgan fingerprint density at radius 2 is 2.23 bits per heavy atom. The van der Waals surface area contributed by atoms with Crippen LogP contribution < -0.4 is 0 Å². The SMILES string of the molecule is Cc1nn(C)c(C)c1CC(=O)N1CC[C@@]2(CCCO2)[C@@H](O)C1. The standard InChI is InChI=1S/C16H25N3O3/c1-11-13(12(2)18(3)17-11)9-15(21)19-7-6-16(14(20)10-19)5-4-8-22-16/h14,20H,4-10H2,1-3H3/t14-,16-/m0/s1. The van der Waals surface area contributed by atoms with Crippen molar-refractivity contribution in [3.8, 4) is 0 Å². The van der Waals surface area contributed by atoms with Crippen molar-refractivity contribution in [3.63, 3.8) is 0 Å². The summed E-state index contributed by atoms with van der Waals surface area (Å²) in [6.07, 6.45) is 2.40. The molecule has 0 aliphatic carbocycles. The van der Waals surface area contributed by atoms with Gasteiger partial charge in [-0.05, 0) is 33.1 Å². The van der Waals surface area contributed by atoms with Crippen LogP contribution in [0, 0.1) is 13.8 Å². The third-order valence-corrected chi connectivity index (χ3v) is 5.28. The lowest BCUT2D eigenvalue weighted by molar-refractivity contribution is -0.151. The van der Waals surface area contributed by atoms with Crippen LogP contribution >= 0.6 is 0 Å². The number of hydrogen-bond donors (Lipinski definition) is 1. The Morgan fingerprint density at radius 3 is 2.77 bits per heavy atom. The molecule has 2 atom stereocenters. The molecule has 1 amide bonds. The van der Waals surface area contributed by atoms with E-state index in [-0.39, 0.29) is 5.91 Å². The molecular formula is C16H25N3O3. The third-order valence-electron chi connectivity index (χ3n) is 5.28. The molecule has 0 saturated carbocycles. The highest BCUT2D eigenvalue weighted by atomic mass is 16.5. The van der Waals surface area contributed by atoms with Gasteiger partial charge in [0.2, 0.25) is 5.91 Å². The van der Waals surface area contributed by atoms with Crippen molar-refractivity contribution in [2.75, 3.05) is 19.7 Å². The van der Waals surface area contributed by atoms with Crippen molar-refractivity contribution in [1.29, 1.82) is 0 Å². The second-order valence-corrected chi connectivity index (χ2v) is 6.57. The summed E-state index contributed by atoms with van der Waals surface area (Å²) in [4.78, 5) is 14.3. The quantitative estimate of drug-likeness (QED) is 0.874. The predicted octanol–water partition coefficient (Wildman–Crippen LogP) is 0.722. The lowest BCUT2D eigenvalue weighted by atomic mass is 9.86. The van der Waals surface area contributed by atoms with Gasteiger partial charge in [-0.25, -0.2) is 0 Å². The lowest BCUT2D eigenvalue weighted by Crippen LogP contribution is -2.56. The minimum atomic E-state index is -0.580. The molecule has 22 heavy (non-hydrogen) atoms. The van der Waals surface area contributed by atoms with Crippen molar-refractivity contribution in [2.24, 2.45) is 7.05 Å². The number of aryl methyl sites for hydroxylation is 2. The maximum Gasteiger partial charge on any atom is 0.227 e. The highest BCUT2D eigenvalue weighted by molar-refractivity contribution is 5.79. The van der Waals surface area contributed by atoms with Crippen LogP contribution in [0.25, 0.3) is 0 Å². The van der Waals surface area contributed by atoms with E-state index in [0.29, 0.717) is 19.5 Å². The van der Waals surface area contributed by atoms with E-state index in [2.05, 4.69) is 5.10 Å². The normalized spacial score (nSPS) is 28.5. The number of ether oxygens (including phenoxy) is 1. The number of rotatable bonds is 2. The molecule has 1 spiro atoms. The van der Waals surface area contributed by atoms with Gasteiger partial charge in [-0.2, -0.15) is 5.10 Å². The largest absolute Gasteiger partial charge is 0.388 e. The van der Waals surface area contributed by atoms with Crippen LogP contribution in [0.3, 0.4) is 0 Å². The molecule has 0 aromatic carbocycles. The van der Waals surface area contributed by atoms with Gasteiger partial charge in [0, 0.05) is 38.0 Å². The number of hydrogen-bond acceptors (Lipinski definition) is 4. The Morgan fingerprint density at radius 1 is 1.45 bits per heavy atom. The van der Waals surface area contributed by atoms with Gasteiger partial charge in [-0.15, -0.1) is 0 Å². The van der Waals surface area contributed by atoms with E-state index in [0.717, 1.165) is 42.8 Å². The Labute approximate surface area is 131 Å². The van der Waals surface area contributed by atoms with Crippen LogP contribution in [0.4, 0.5) is 0 Å². The monoisotopic (exact) mass is 307 g/mol. The molecule has 2 saturated heterocycles. The van der Waals surface area contributed by atoms with Gasteiger partial charge in [0.15, 0.2) is 0 Å². The molecule has 0 unspecified atom stereocenters. The molecule has 6 nitrogen and oxygen atoms in total. The maximum atomic E-state index is 12.6. The van der Waals surface area contributed by atoms with E-state index in [4.69, 9.17) is 4.74 Å². The summed E-state index contributed by atoms with van der Waals surface area (Å²) in [6, 6.07) is 0. The predicted molar refractivity (Wildman–Crippen MR) is 81.5 cm³/mol. The first-order valence-electron chi connectivity index (χ1n) is 8.02. The minimum absolute atomic E-state index is 0.0612. The number of piperidine rings is 1. The van der Waals surface area contributed by atoms with Crippen LogP contribution in [-0.2, 0) is 23.0 Å². The number of amides is 1. The maximum absolute atomic E-state index is 12.6. The van der Waals surface area contributed by atoms with E-state index >= 15 is 0 Å². The molecule has 2 aliphatic rings. The van der Waals surface area contributed by atoms with Gasteiger partial charge in [0.05, 0.1) is 17.7 Å². The molecule has 2 aliphatic heterocycles. The van der Waals surface area contributed by atoms with Gasteiger partial charge in [-0.3, -0.25) is 9.48 Å². The van der Waals surface area contributed by atoms with E-state index in [9.17, 15) is 9.90 Å². The zero-order valence-electron chi connectivity index (χ0n) is 13.6. The number of aliphatic hydroxyl groups is 1. The first kappa shape index (κ1) is 15.5. The molecule has 3 heterocycles. The van der Waals surface area contributed by atoms with Crippen molar-refractivity contribution >= 4 is 5.91 Å². The average Bonchev–Trinajstić information content (AvgIpc) is 3.04. The summed E-state index contributed by atoms with van der Waals surface area (Å²) in [6.45, 7) is 5.67. The van der Waals surface area contributed by atoms with E-state index < -0.39 is 11.7 Å². The van der Waals surface area contributed by atoms with E-state index in [1.54, 1.807) is 4.90 Å². The fourth-order valence-corrected chi connectivity index (χ4v) is 3.70. The second-order valence-electron chi connectivity index (χ2n) is 6.57. The molecule has 3 rings (SSSR count). The molecular weight excluding hydrogens is 282 g/mol. The zero-order chi connectivity index (χ0) is 15.9. The first-order valence-corrected chi connectivity index (χ1v) is 8.02. The average molecular weight is 307 g/mol. The molecule has 2 fully saturated rings. The number of β-amino-alcohol motifs (C(OH)–C–C–N with tert-alkyl or cyclic N) is 1. The number of nitrogens with zero attached hydrogens (tertiary/aromatic N) is 3. The van der Waals surface area contributed by atoms with Gasteiger partial charge in [0.25, 0.3) is 0 Å². The second kappa shape index (κ2) is 5.66. The Balaban J connectivity index is 1.66. The van der Waals surface area contributed by atoms with Crippen molar-refractivity contribution in [1.82, 2.24) is 14.7 Å². The number of aromatic nitrogens is 2. The topological polar surface area (TPSA) is 67.6 Å². The summed E-state index contributed by atoms with van der Waals surface area (Å²) < 4.78 is 7.59. The fourth-order valence-electron chi connectivity index (χ4n) is 3.70. The molecule has 1 N–H and O–H groups in total. The molecule has 122 valence electrons. The van der Waals surface area contributed by atoms with Crippen LogP contribution in [-0.4, -0.2) is 57.1 Å². The van der Waals surface area contributed by atoms with Crippen molar-refractivity contribution < 1.29 is 14.6 Å². The van der Waals surface area contributed by atoms with E-state index in [1.807, 2.05) is 25.6 Å². The van der Waals surface area contributed by atoms with Gasteiger partial charge in [0.1, 0.15) is 6.10 Å². The highest BCUT2D eigenvalue weighted by Crippen LogP contribution is 2.36. The van der Waals surface area contributed by atoms with Crippen LogP contribution in [0.15, 0.2) is 0 Å². The summed E-state index contributed by atoms with van der Waals surface area (Å²) in [5.74, 6) is 0.0612. The van der Waals surface area contributed by atoms with Crippen molar-refractivity contribution in [3.05, 3.63) is 17.0 Å². The number of likely N-dealkylation sites (tertiary alicyclic amines) is 1. The first-order chi connectivity index (χ1) is 10.4. The van der Waals surface area contributed by atoms with Crippen LogP contribution in [0.2, 0.25) is 0 Å². The molecule has 1 aromatic rings. The Kier molecular flexibility index (Phi) is 3.99. The van der Waals surface area contributed by atoms with E-state index in [1.165, 1.54) is 0 Å². The lowest BCUT2D eigenvalue weighted by Gasteiger charge is -2.42. The van der Waals surface area contributed by atoms with Crippen LogP contribution in [0.5, 0.6) is 0 Å². The summed E-state index contributed by atoms with van der Waals surface area (Å²) in [5.41, 5.74) is 2.52. The Hall–Kier alpha value is -1.40. The summed E-state index contributed by atoms with van der Waals surface area (Å²) in [5, 5.41) is 14.8. The van der Waals surface area contributed by atoms with Gasteiger partial charge < -0.3 is 14.7 Å². The summed E-state index contributed by atoms with van der Waals surface area (Å²) in [7, 11) is 1.89. The Bertz CT molecular complexity index is 575. The number of aliphatic hydroxyl groups excluding tert-OH is 1. The highest BCUT2D eigenvalue weighted by Gasteiger charge is 2.46. The number of carbonyl (C=O) groups excluding carboxylic acids is 1. The minimum Gasteiger partial charge on any atom is -0.388 e. The molecule has 6 heteroatoms. The smallest absolute Gasteiger partial charge is 0.227 e. The molecule has 1 aromatic heterocycles. The van der Waals surface area contributed by atoms with Crippen LogP contribution in [0.1, 0.15) is 36.2 Å². The van der Waals surface area contributed by atoms with Gasteiger partial charge >= 0.3 is 0 Å². The number of carbonyl (C=O) groups is 1. The van der Waals surface area contributed by atoms with Gasteiger partial charge in [-0.1, -0.05) is 0 Å². The zero-order valence-corrected chi connectivity index (χ0v) is 13.6. The third kappa shape index (κ3) is 2.54.